The average molecular weight is 374 g/mol. The van der Waals surface area contributed by atoms with Crippen LogP contribution in [0.2, 0.25) is 0 Å². The number of hydrogen-bond acceptors (Lipinski definition) is 3. The zero-order chi connectivity index (χ0) is 17.0. The van der Waals surface area contributed by atoms with E-state index in [-0.39, 0.29) is 18.0 Å². The van der Waals surface area contributed by atoms with E-state index in [0.29, 0.717) is 6.61 Å². The normalized spacial score (nSPS) is 23.6. The molecule has 4 rings (SSSR count). The zero-order valence-corrected chi connectivity index (χ0v) is 16.0. The third-order valence-electron chi connectivity index (χ3n) is 5.47. The van der Waals surface area contributed by atoms with Crippen LogP contribution in [0.1, 0.15) is 30.4 Å². The quantitative estimate of drug-likeness (QED) is 0.636. The number of ether oxygens (including phenoxy) is 2. The molecule has 140 valence electrons. The SMILES string of the molecule is Cl.c1ccc(COc2ccc(CCCOC34CCN(CC3)C4)cc2)cc1. The molecule has 2 bridgehead atoms. The van der Waals surface area contributed by atoms with E-state index in [0.717, 1.165) is 31.7 Å². The first-order valence-electron chi connectivity index (χ1n) is 9.43. The van der Waals surface area contributed by atoms with Crippen molar-refractivity contribution in [2.75, 3.05) is 26.2 Å². The second-order valence-electron chi connectivity index (χ2n) is 7.33. The van der Waals surface area contributed by atoms with E-state index in [4.69, 9.17) is 9.47 Å². The van der Waals surface area contributed by atoms with Crippen LogP contribution in [0.3, 0.4) is 0 Å². The maximum absolute atomic E-state index is 6.25. The van der Waals surface area contributed by atoms with E-state index in [9.17, 15) is 0 Å². The van der Waals surface area contributed by atoms with Gasteiger partial charge in [-0.05, 0) is 48.9 Å². The summed E-state index contributed by atoms with van der Waals surface area (Å²) in [5.41, 5.74) is 2.74. The highest BCUT2D eigenvalue weighted by molar-refractivity contribution is 5.85. The Morgan fingerprint density at radius 1 is 0.885 bits per heavy atom. The first kappa shape index (κ1) is 19.2. The molecule has 2 saturated heterocycles. The van der Waals surface area contributed by atoms with Gasteiger partial charge in [0.1, 0.15) is 12.4 Å². The van der Waals surface area contributed by atoms with E-state index in [2.05, 4.69) is 41.3 Å². The van der Waals surface area contributed by atoms with Crippen LogP contribution in [0.4, 0.5) is 0 Å². The van der Waals surface area contributed by atoms with Crippen LogP contribution in [-0.4, -0.2) is 36.7 Å². The molecule has 2 aromatic rings. The van der Waals surface area contributed by atoms with Crippen molar-refractivity contribution in [1.29, 1.82) is 0 Å². The second-order valence-corrected chi connectivity index (χ2v) is 7.33. The van der Waals surface area contributed by atoms with Crippen LogP contribution in [0.5, 0.6) is 5.75 Å². The maximum Gasteiger partial charge on any atom is 0.119 e. The van der Waals surface area contributed by atoms with Gasteiger partial charge in [0, 0.05) is 26.2 Å². The molecule has 0 atom stereocenters. The minimum atomic E-state index is 0. The maximum atomic E-state index is 6.25. The van der Waals surface area contributed by atoms with Gasteiger partial charge in [-0.1, -0.05) is 42.5 Å². The Morgan fingerprint density at radius 2 is 1.62 bits per heavy atom. The molecule has 0 radical (unpaired) electrons. The highest BCUT2D eigenvalue weighted by Gasteiger charge is 2.44. The fraction of sp³-hybridized carbons (Fsp3) is 0.455. The minimum Gasteiger partial charge on any atom is -0.489 e. The summed E-state index contributed by atoms with van der Waals surface area (Å²) in [5, 5.41) is 0. The van der Waals surface area contributed by atoms with Crippen molar-refractivity contribution in [2.45, 2.75) is 37.9 Å². The van der Waals surface area contributed by atoms with Crippen LogP contribution in [0.15, 0.2) is 54.6 Å². The Hall–Kier alpha value is -1.55. The minimum absolute atomic E-state index is 0. The number of fused-ring (bicyclic) bond motifs is 2. The molecule has 0 spiro atoms. The van der Waals surface area contributed by atoms with Gasteiger partial charge in [-0.25, -0.2) is 0 Å². The predicted octanol–water partition coefficient (Wildman–Crippen LogP) is 4.48. The van der Waals surface area contributed by atoms with Gasteiger partial charge in [0.15, 0.2) is 0 Å². The summed E-state index contributed by atoms with van der Waals surface area (Å²) < 4.78 is 12.1. The summed E-state index contributed by atoms with van der Waals surface area (Å²) in [6, 6.07) is 18.8. The van der Waals surface area contributed by atoms with Crippen LogP contribution >= 0.6 is 12.4 Å². The third kappa shape index (κ3) is 4.79. The van der Waals surface area contributed by atoms with E-state index in [1.54, 1.807) is 0 Å². The first-order valence-corrected chi connectivity index (χ1v) is 9.43. The average Bonchev–Trinajstić information content (AvgIpc) is 3.27. The molecule has 0 aromatic heterocycles. The number of benzene rings is 2. The van der Waals surface area contributed by atoms with Crippen molar-refractivity contribution < 1.29 is 9.47 Å². The van der Waals surface area contributed by atoms with E-state index in [1.165, 1.54) is 37.1 Å². The van der Waals surface area contributed by atoms with Crippen LogP contribution in [-0.2, 0) is 17.8 Å². The molecule has 2 aliphatic heterocycles. The number of nitrogens with zero attached hydrogens (tertiary/aromatic N) is 1. The Bertz CT molecular complexity index is 666. The fourth-order valence-electron chi connectivity index (χ4n) is 3.93. The summed E-state index contributed by atoms with van der Waals surface area (Å²) in [6.07, 6.45) is 4.60. The van der Waals surface area contributed by atoms with Crippen molar-refractivity contribution in [1.82, 2.24) is 4.90 Å². The summed E-state index contributed by atoms with van der Waals surface area (Å²) in [5.74, 6) is 0.930. The molecule has 2 fully saturated rings. The smallest absolute Gasteiger partial charge is 0.119 e. The van der Waals surface area contributed by atoms with Gasteiger partial charge in [0.2, 0.25) is 0 Å². The monoisotopic (exact) mass is 373 g/mol. The van der Waals surface area contributed by atoms with Crippen molar-refractivity contribution >= 4 is 12.4 Å². The van der Waals surface area contributed by atoms with Gasteiger partial charge in [-0.15, -0.1) is 12.4 Å². The highest BCUT2D eigenvalue weighted by atomic mass is 35.5. The zero-order valence-electron chi connectivity index (χ0n) is 15.2. The summed E-state index contributed by atoms with van der Waals surface area (Å²) in [7, 11) is 0. The largest absolute Gasteiger partial charge is 0.489 e. The number of rotatable bonds is 8. The standard InChI is InChI=1S/C22H27NO2.ClH/c1-2-5-20(6-3-1)17-24-21-10-8-19(9-11-21)7-4-16-25-22-12-14-23(18-22)15-13-22;/h1-3,5-6,8-11H,4,7,12-18H2;1H. The molecule has 0 N–H and O–H groups in total. The van der Waals surface area contributed by atoms with Crippen molar-refractivity contribution in [2.24, 2.45) is 0 Å². The molecule has 0 amide bonds. The van der Waals surface area contributed by atoms with Crippen LogP contribution < -0.4 is 4.74 Å². The highest BCUT2D eigenvalue weighted by Crippen LogP contribution is 2.35. The predicted molar refractivity (Wildman–Crippen MR) is 107 cm³/mol. The molecule has 2 aliphatic rings. The van der Waals surface area contributed by atoms with Gasteiger partial charge in [0.25, 0.3) is 0 Å². The lowest BCUT2D eigenvalue weighted by atomic mass is 10.00. The summed E-state index contributed by atoms with van der Waals surface area (Å²) >= 11 is 0. The van der Waals surface area contributed by atoms with Crippen LogP contribution in [0, 0.1) is 0 Å². The Balaban J connectivity index is 0.00000196. The van der Waals surface area contributed by atoms with Gasteiger partial charge >= 0.3 is 0 Å². The van der Waals surface area contributed by atoms with Gasteiger partial charge in [-0.2, -0.15) is 0 Å². The molecule has 0 saturated carbocycles. The number of aryl methyl sites for hydroxylation is 1. The Kier molecular flexibility index (Phi) is 6.58. The van der Waals surface area contributed by atoms with Crippen molar-refractivity contribution in [3.05, 3.63) is 65.7 Å². The summed E-state index contributed by atoms with van der Waals surface area (Å²) in [4.78, 5) is 2.52. The molecule has 4 heteroatoms. The second kappa shape index (κ2) is 8.90. The number of piperidine rings is 1. The third-order valence-corrected chi connectivity index (χ3v) is 5.47. The van der Waals surface area contributed by atoms with Crippen molar-refractivity contribution in [3.63, 3.8) is 0 Å². The molecular weight excluding hydrogens is 346 g/mol. The summed E-state index contributed by atoms with van der Waals surface area (Å²) in [6.45, 7) is 5.10. The lowest BCUT2D eigenvalue weighted by Crippen LogP contribution is -2.31. The van der Waals surface area contributed by atoms with Gasteiger partial charge in [0.05, 0.1) is 5.60 Å². The first-order chi connectivity index (χ1) is 12.3. The van der Waals surface area contributed by atoms with E-state index in [1.807, 2.05) is 18.2 Å². The fourth-order valence-corrected chi connectivity index (χ4v) is 3.93. The molecule has 26 heavy (non-hydrogen) atoms. The van der Waals surface area contributed by atoms with E-state index < -0.39 is 0 Å². The molecular formula is C22H28ClNO2. The van der Waals surface area contributed by atoms with Gasteiger partial charge in [-0.3, -0.25) is 0 Å². The molecule has 0 aliphatic carbocycles. The molecule has 2 heterocycles. The topological polar surface area (TPSA) is 21.7 Å². The Labute approximate surface area is 162 Å². The van der Waals surface area contributed by atoms with Crippen LogP contribution in [0.25, 0.3) is 0 Å². The Morgan fingerprint density at radius 3 is 2.27 bits per heavy atom. The number of halogens is 1. The number of hydrogen-bond donors (Lipinski definition) is 0. The molecule has 2 aromatic carbocycles. The van der Waals surface area contributed by atoms with E-state index >= 15 is 0 Å². The lowest BCUT2D eigenvalue weighted by molar-refractivity contribution is -0.0263. The molecule has 0 unspecified atom stereocenters. The van der Waals surface area contributed by atoms with Gasteiger partial charge < -0.3 is 14.4 Å². The van der Waals surface area contributed by atoms with Crippen molar-refractivity contribution in [3.8, 4) is 5.75 Å². The lowest BCUT2D eigenvalue weighted by Gasteiger charge is -2.25. The molecule has 3 nitrogen and oxygen atoms in total.